The third kappa shape index (κ3) is 3.20. The van der Waals surface area contributed by atoms with Gasteiger partial charge in [0.05, 0.1) is 11.7 Å². The van der Waals surface area contributed by atoms with Crippen molar-refractivity contribution in [3.05, 3.63) is 27.6 Å². The van der Waals surface area contributed by atoms with Crippen molar-refractivity contribution in [2.75, 3.05) is 11.9 Å². The van der Waals surface area contributed by atoms with E-state index in [1.807, 2.05) is 22.6 Å². The van der Waals surface area contributed by atoms with Crippen molar-refractivity contribution >= 4 is 34.2 Å². The monoisotopic (exact) mass is 362 g/mol. The van der Waals surface area contributed by atoms with Crippen LogP contribution in [0.15, 0.2) is 18.2 Å². The Balaban J connectivity index is 2.06. The van der Waals surface area contributed by atoms with Gasteiger partial charge in [-0.15, -0.1) is 0 Å². The van der Waals surface area contributed by atoms with Gasteiger partial charge in [0.25, 0.3) is 0 Å². The Labute approximate surface area is 120 Å². The van der Waals surface area contributed by atoms with Crippen LogP contribution in [0.1, 0.15) is 19.8 Å². The topological polar surface area (TPSA) is 41.1 Å². The molecule has 1 fully saturated rings. The predicted molar refractivity (Wildman–Crippen MR) is 77.9 cm³/mol. The van der Waals surface area contributed by atoms with Gasteiger partial charge in [-0.1, -0.05) is 6.92 Å². The molecule has 3 nitrogen and oxygen atoms in total. The summed E-state index contributed by atoms with van der Waals surface area (Å²) in [5.41, 5.74) is 0.668. The lowest BCUT2D eigenvalue weighted by molar-refractivity contribution is -0.119. The average Bonchev–Trinajstić information content (AvgIpc) is 2.33. The van der Waals surface area contributed by atoms with E-state index in [0.29, 0.717) is 15.2 Å². The van der Waals surface area contributed by atoms with Crippen molar-refractivity contribution in [1.82, 2.24) is 5.32 Å². The van der Waals surface area contributed by atoms with Gasteiger partial charge in [-0.25, -0.2) is 4.39 Å². The van der Waals surface area contributed by atoms with Crippen molar-refractivity contribution in [1.29, 1.82) is 0 Å². The maximum absolute atomic E-state index is 13.0. The minimum atomic E-state index is -0.290. The number of benzene rings is 1. The third-order valence-electron chi connectivity index (χ3n) is 3.24. The quantitative estimate of drug-likeness (QED) is 0.795. The standard InChI is InChI=1S/C13H16FIN2O/c1-8-3-2-6-16-12(8)13(18)17-11-5-4-9(14)7-10(11)15/h4-5,7-8,12,16H,2-3,6H2,1H3,(H,17,18). The van der Waals surface area contributed by atoms with Gasteiger partial charge in [0, 0.05) is 3.57 Å². The van der Waals surface area contributed by atoms with Crippen molar-refractivity contribution < 1.29 is 9.18 Å². The lowest BCUT2D eigenvalue weighted by Crippen LogP contribution is -2.48. The lowest BCUT2D eigenvalue weighted by atomic mass is 9.92. The van der Waals surface area contributed by atoms with Crippen LogP contribution in [0.2, 0.25) is 0 Å². The Morgan fingerprint density at radius 1 is 1.56 bits per heavy atom. The van der Waals surface area contributed by atoms with Gasteiger partial charge in [0.2, 0.25) is 5.91 Å². The second kappa shape index (κ2) is 5.97. The smallest absolute Gasteiger partial charge is 0.241 e. The van der Waals surface area contributed by atoms with E-state index in [1.54, 1.807) is 6.07 Å². The van der Waals surface area contributed by atoms with E-state index in [0.717, 1.165) is 19.4 Å². The van der Waals surface area contributed by atoms with Crippen LogP contribution in [0.4, 0.5) is 10.1 Å². The van der Waals surface area contributed by atoms with E-state index in [2.05, 4.69) is 17.6 Å². The fraction of sp³-hybridized carbons (Fsp3) is 0.462. The Kier molecular flexibility index (Phi) is 4.55. The Morgan fingerprint density at radius 3 is 3.00 bits per heavy atom. The van der Waals surface area contributed by atoms with Crippen molar-refractivity contribution in [2.45, 2.75) is 25.8 Å². The number of rotatable bonds is 2. The molecular formula is C13H16FIN2O. The largest absolute Gasteiger partial charge is 0.324 e. The Bertz CT molecular complexity index is 453. The van der Waals surface area contributed by atoms with Crippen molar-refractivity contribution in [3.8, 4) is 0 Å². The van der Waals surface area contributed by atoms with Crippen LogP contribution in [0.3, 0.4) is 0 Å². The molecule has 5 heteroatoms. The van der Waals surface area contributed by atoms with Crippen LogP contribution < -0.4 is 10.6 Å². The van der Waals surface area contributed by atoms with E-state index in [4.69, 9.17) is 0 Å². The summed E-state index contributed by atoms with van der Waals surface area (Å²) in [6.45, 7) is 2.95. The second-order valence-corrected chi connectivity index (χ2v) is 5.83. The summed E-state index contributed by atoms with van der Waals surface area (Å²) >= 11 is 2.02. The van der Waals surface area contributed by atoms with Crippen LogP contribution in [0.5, 0.6) is 0 Å². The molecule has 2 N–H and O–H groups in total. The number of carbonyl (C=O) groups is 1. The molecule has 1 saturated heterocycles. The van der Waals surface area contributed by atoms with Crippen LogP contribution in [-0.2, 0) is 4.79 Å². The molecule has 18 heavy (non-hydrogen) atoms. The molecular weight excluding hydrogens is 346 g/mol. The fourth-order valence-electron chi connectivity index (χ4n) is 2.20. The average molecular weight is 362 g/mol. The molecule has 0 bridgehead atoms. The number of halogens is 2. The molecule has 1 amide bonds. The number of amides is 1. The maximum atomic E-state index is 13.0. The molecule has 1 heterocycles. The highest BCUT2D eigenvalue weighted by molar-refractivity contribution is 14.1. The number of hydrogen-bond donors (Lipinski definition) is 2. The van der Waals surface area contributed by atoms with Crippen LogP contribution >= 0.6 is 22.6 Å². The number of anilines is 1. The minimum absolute atomic E-state index is 0.0354. The lowest BCUT2D eigenvalue weighted by Gasteiger charge is -2.29. The van der Waals surface area contributed by atoms with Crippen LogP contribution in [0, 0.1) is 15.3 Å². The fourth-order valence-corrected chi connectivity index (χ4v) is 2.81. The summed E-state index contributed by atoms with van der Waals surface area (Å²) in [4.78, 5) is 12.1. The Morgan fingerprint density at radius 2 is 2.33 bits per heavy atom. The van der Waals surface area contributed by atoms with Gasteiger partial charge in [0.1, 0.15) is 5.82 Å². The van der Waals surface area contributed by atoms with Gasteiger partial charge in [0.15, 0.2) is 0 Å². The highest BCUT2D eigenvalue weighted by atomic mass is 127. The van der Waals surface area contributed by atoms with Gasteiger partial charge in [-0.3, -0.25) is 4.79 Å². The molecule has 0 spiro atoms. The summed E-state index contributed by atoms with van der Waals surface area (Å²) in [5.74, 6) is 0.00476. The number of nitrogens with one attached hydrogen (secondary N) is 2. The minimum Gasteiger partial charge on any atom is -0.324 e. The first-order chi connectivity index (χ1) is 8.58. The molecule has 1 aromatic carbocycles. The molecule has 0 aromatic heterocycles. The van der Waals surface area contributed by atoms with E-state index >= 15 is 0 Å². The highest BCUT2D eigenvalue weighted by Crippen LogP contribution is 2.21. The van der Waals surface area contributed by atoms with Crippen molar-refractivity contribution in [2.24, 2.45) is 5.92 Å². The van der Waals surface area contributed by atoms with E-state index < -0.39 is 0 Å². The SMILES string of the molecule is CC1CCCNC1C(=O)Nc1ccc(F)cc1I. The van der Waals surface area contributed by atoms with E-state index in [1.165, 1.54) is 12.1 Å². The number of hydrogen-bond acceptors (Lipinski definition) is 2. The first-order valence-corrected chi connectivity index (χ1v) is 7.15. The predicted octanol–water partition coefficient (Wildman–Crippen LogP) is 2.76. The molecule has 0 radical (unpaired) electrons. The number of carbonyl (C=O) groups excluding carboxylic acids is 1. The van der Waals surface area contributed by atoms with Gasteiger partial charge in [-0.05, 0) is 66.1 Å². The first-order valence-electron chi connectivity index (χ1n) is 6.07. The zero-order valence-electron chi connectivity index (χ0n) is 10.2. The molecule has 1 aliphatic rings. The Hall–Kier alpha value is -0.690. The highest BCUT2D eigenvalue weighted by Gasteiger charge is 2.27. The van der Waals surface area contributed by atoms with Gasteiger partial charge < -0.3 is 10.6 Å². The van der Waals surface area contributed by atoms with E-state index in [-0.39, 0.29) is 17.8 Å². The van der Waals surface area contributed by atoms with Crippen molar-refractivity contribution in [3.63, 3.8) is 0 Å². The summed E-state index contributed by atoms with van der Waals surface area (Å²) < 4.78 is 13.7. The first kappa shape index (κ1) is 13.7. The second-order valence-electron chi connectivity index (χ2n) is 4.66. The molecule has 0 aliphatic carbocycles. The summed E-state index contributed by atoms with van der Waals surface area (Å²) in [6, 6.07) is 4.21. The summed E-state index contributed by atoms with van der Waals surface area (Å²) in [6.07, 6.45) is 2.17. The summed E-state index contributed by atoms with van der Waals surface area (Å²) in [5, 5.41) is 6.09. The molecule has 98 valence electrons. The molecule has 2 atom stereocenters. The molecule has 0 saturated carbocycles. The van der Waals surface area contributed by atoms with Gasteiger partial charge in [-0.2, -0.15) is 0 Å². The number of piperidine rings is 1. The molecule has 1 aliphatic heterocycles. The van der Waals surface area contributed by atoms with Crippen LogP contribution in [-0.4, -0.2) is 18.5 Å². The third-order valence-corrected chi connectivity index (χ3v) is 4.13. The van der Waals surface area contributed by atoms with Gasteiger partial charge >= 0.3 is 0 Å². The van der Waals surface area contributed by atoms with E-state index in [9.17, 15) is 9.18 Å². The normalized spacial score (nSPS) is 23.7. The zero-order valence-corrected chi connectivity index (χ0v) is 12.3. The summed E-state index contributed by atoms with van der Waals surface area (Å²) in [7, 11) is 0. The molecule has 2 unspecified atom stereocenters. The zero-order chi connectivity index (χ0) is 13.1. The molecule has 1 aromatic rings. The molecule has 2 rings (SSSR count). The van der Waals surface area contributed by atoms with Crippen LogP contribution in [0.25, 0.3) is 0 Å². The maximum Gasteiger partial charge on any atom is 0.241 e.